The molecule has 2 rings (SSSR count). The first-order chi connectivity index (χ1) is 8.52. The van der Waals surface area contributed by atoms with E-state index in [0.717, 1.165) is 18.6 Å². The molecule has 1 N–H and O–H groups in total. The largest absolute Gasteiger partial charge is 0.469 e. The summed E-state index contributed by atoms with van der Waals surface area (Å²) < 4.78 is 11.0. The monoisotopic (exact) mass is 251 g/mol. The van der Waals surface area contributed by atoms with Crippen LogP contribution in [0.15, 0.2) is 16.7 Å². The van der Waals surface area contributed by atoms with Crippen molar-refractivity contribution in [1.29, 1.82) is 0 Å². The molecular formula is C15H25NO2. The van der Waals surface area contributed by atoms with Crippen LogP contribution in [0.4, 0.5) is 0 Å². The van der Waals surface area contributed by atoms with Crippen LogP contribution in [0.5, 0.6) is 0 Å². The lowest BCUT2D eigenvalue weighted by molar-refractivity contribution is 0.00746. The molecule has 1 aromatic heterocycles. The smallest absolute Gasteiger partial charge is 0.108 e. The third-order valence-electron chi connectivity index (χ3n) is 3.89. The maximum atomic E-state index is 5.53. The molecule has 1 aromatic rings. The van der Waals surface area contributed by atoms with Crippen LogP contribution in [-0.4, -0.2) is 18.8 Å². The number of fused-ring (bicyclic) bond motifs is 1. The normalized spacial score (nSPS) is 21.7. The van der Waals surface area contributed by atoms with Gasteiger partial charge in [-0.15, -0.1) is 0 Å². The lowest BCUT2D eigenvalue weighted by Crippen LogP contribution is -2.38. The van der Waals surface area contributed by atoms with E-state index >= 15 is 0 Å². The third-order valence-corrected chi connectivity index (χ3v) is 3.89. The highest BCUT2D eigenvalue weighted by molar-refractivity contribution is 5.24. The van der Waals surface area contributed by atoms with E-state index in [9.17, 15) is 0 Å². The Bertz CT molecular complexity index is 384. The summed E-state index contributed by atoms with van der Waals surface area (Å²) in [5.74, 6) is 1.16. The van der Waals surface area contributed by atoms with Gasteiger partial charge in [-0.25, -0.2) is 0 Å². The Morgan fingerprint density at radius 2 is 2.33 bits per heavy atom. The third kappa shape index (κ3) is 3.15. The number of ether oxygens (including phenoxy) is 1. The molecule has 0 aliphatic heterocycles. The van der Waals surface area contributed by atoms with Gasteiger partial charge in [0.25, 0.3) is 0 Å². The number of nitrogens with one attached hydrogen (secondary N) is 1. The molecule has 0 radical (unpaired) electrons. The second-order valence-electron chi connectivity index (χ2n) is 5.98. The molecule has 102 valence electrons. The number of aryl methyl sites for hydroxylation is 1. The summed E-state index contributed by atoms with van der Waals surface area (Å²) in [6.07, 6.45) is 6.31. The SMILES string of the molecule is COC(C)(C)CC(C)NC1CCCc2occc21. The van der Waals surface area contributed by atoms with Crippen LogP contribution in [0, 0.1) is 0 Å². The minimum absolute atomic E-state index is 0.0691. The van der Waals surface area contributed by atoms with Crippen LogP contribution in [0.25, 0.3) is 0 Å². The Balaban J connectivity index is 1.95. The van der Waals surface area contributed by atoms with Crippen molar-refractivity contribution in [2.24, 2.45) is 0 Å². The van der Waals surface area contributed by atoms with Gasteiger partial charge in [-0.3, -0.25) is 0 Å². The van der Waals surface area contributed by atoms with Gasteiger partial charge in [-0.2, -0.15) is 0 Å². The zero-order valence-electron chi connectivity index (χ0n) is 12.0. The van der Waals surface area contributed by atoms with Gasteiger partial charge in [0.2, 0.25) is 0 Å². The Morgan fingerprint density at radius 3 is 3.06 bits per heavy atom. The molecule has 18 heavy (non-hydrogen) atoms. The van der Waals surface area contributed by atoms with Gasteiger partial charge in [-0.05, 0) is 46.1 Å². The van der Waals surface area contributed by atoms with E-state index in [4.69, 9.17) is 9.15 Å². The van der Waals surface area contributed by atoms with E-state index in [1.54, 1.807) is 7.11 Å². The first-order valence-corrected chi connectivity index (χ1v) is 6.89. The number of hydrogen-bond donors (Lipinski definition) is 1. The Morgan fingerprint density at radius 1 is 1.56 bits per heavy atom. The molecule has 0 amide bonds. The summed E-state index contributed by atoms with van der Waals surface area (Å²) in [5, 5.41) is 3.71. The molecule has 0 saturated heterocycles. The molecule has 1 aliphatic carbocycles. The molecule has 0 bridgehead atoms. The Labute approximate surface area is 110 Å². The Kier molecular flexibility index (Phi) is 4.13. The average molecular weight is 251 g/mol. The predicted molar refractivity (Wildman–Crippen MR) is 72.7 cm³/mol. The molecule has 3 heteroatoms. The quantitative estimate of drug-likeness (QED) is 0.870. The van der Waals surface area contributed by atoms with Crippen LogP contribution in [0.3, 0.4) is 0 Å². The van der Waals surface area contributed by atoms with E-state index < -0.39 is 0 Å². The zero-order valence-corrected chi connectivity index (χ0v) is 12.0. The maximum absolute atomic E-state index is 5.53. The fraction of sp³-hybridized carbons (Fsp3) is 0.733. The van der Waals surface area contributed by atoms with Crippen molar-refractivity contribution in [2.45, 2.75) is 64.1 Å². The standard InChI is InChI=1S/C15H25NO2/c1-11(10-15(2,3)17-4)16-13-6-5-7-14-12(13)8-9-18-14/h8-9,11,13,16H,5-7,10H2,1-4H3. The molecule has 0 spiro atoms. The molecule has 0 saturated carbocycles. The molecule has 1 aliphatic rings. The van der Waals surface area contributed by atoms with Gasteiger partial charge < -0.3 is 14.5 Å². The van der Waals surface area contributed by atoms with Gasteiger partial charge in [-0.1, -0.05) is 0 Å². The lowest BCUT2D eigenvalue weighted by Gasteiger charge is -2.31. The maximum Gasteiger partial charge on any atom is 0.108 e. The van der Waals surface area contributed by atoms with Crippen molar-refractivity contribution in [2.75, 3.05) is 7.11 Å². The summed E-state index contributed by atoms with van der Waals surface area (Å²) in [4.78, 5) is 0. The number of hydrogen-bond acceptors (Lipinski definition) is 3. The minimum Gasteiger partial charge on any atom is -0.469 e. The van der Waals surface area contributed by atoms with Crippen LogP contribution < -0.4 is 5.32 Å². The fourth-order valence-electron chi connectivity index (χ4n) is 2.88. The van der Waals surface area contributed by atoms with Gasteiger partial charge in [0.1, 0.15) is 5.76 Å². The van der Waals surface area contributed by atoms with Crippen LogP contribution in [0.2, 0.25) is 0 Å². The Hall–Kier alpha value is -0.800. The first kappa shape index (κ1) is 13.6. The highest BCUT2D eigenvalue weighted by Crippen LogP contribution is 2.31. The van der Waals surface area contributed by atoms with Crippen molar-refractivity contribution >= 4 is 0 Å². The van der Waals surface area contributed by atoms with E-state index in [0.29, 0.717) is 12.1 Å². The van der Waals surface area contributed by atoms with E-state index in [2.05, 4.69) is 32.2 Å². The molecule has 0 fully saturated rings. The summed E-state index contributed by atoms with van der Waals surface area (Å²) in [6.45, 7) is 6.50. The first-order valence-electron chi connectivity index (χ1n) is 6.89. The predicted octanol–water partition coefficient (Wildman–Crippen LogP) is 3.45. The van der Waals surface area contributed by atoms with Gasteiger partial charge >= 0.3 is 0 Å². The molecule has 2 atom stereocenters. The van der Waals surface area contributed by atoms with Crippen molar-refractivity contribution < 1.29 is 9.15 Å². The second-order valence-corrected chi connectivity index (χ2v) is 5.98. The molecule has 2 unspecified atom stereocenters. The summed E-state index contributed by atoms with van der Waals surface area (Å²) in [5.41, 5.74) is 1.28. The van der Waals surface area contributed by atoms with Crippen molar-refractivity contribution in [3.05, 3.63) is 23.7 Å². The highest BCUT2D eigenvalue weighted by atomic mass is 16.5. The van der Waals surface area contributed by atoms with Crippen LogP contribution >= 0.6 is 0 Å². The summed E-state index contributed by atoms with van der Waals surface area (Å²) in [7, 11) is 1.78. The van der Waals surface area contributed by atoms with Crippen molar-refractivity contribution in [3.8, 4) is 0 Å². The molecular weight excluding hydrogens is 226 g/mol. The lowest BCUT2D eigenvalue weighted by atomic mass is 9.91. The summed E-state index contributed by atoms with van der Waals surface area (Å²) in [6, 6.07) is 2.99. The number of furan rings is 1. The van der Waals surface area contributed by atoms with Gasteiger partial charge in [0, 0.05) is 31.2 Å². The van der Waals surface area contributed by atoms with E-state index in [1.165, 1.54) is 18.4 Å². The van der Waals surface area contributed by atoms with Crippen molar-refractivity contribution in [1.82, 2.24) is 5.32 Å². The number of methoxy groups -OCH3 is 1. The fourth-order valence-corrected chi connectivity index (χ4v) is 2.88. The molecule has 1 heterocycles. The van der Waals surface area contributed by atoms with Crippen molar-refractivity contribution in [3.63, 3.8) is 0 Å². The van der Waals surface area contributed by atoms with Crippen LogP contribution in [0.1, 0.15) is 57.4 Å². The average Bonchev–Trinajstić information content (AvgIpc) is 2.77. The van der Waals surface area contributed by atoms with E-state index in [1.807, 2.05) is 6.26 Å². The van der Waals surface area contributed by atoms with Crippen LogP contribution in [-0.2, 0) is 11.2 Å². The van der Waals surface area contributed by atoms with Gasteiger partial charge in [0.15, 0.2) is 0 Å². The molecule has 3 nitrogen and oxygen atoms in total. The number of rotatable bonds is 5. The zero-order chi connectivity index (χ0) is 13.2. The minimum atomic E-state index is -0.0691. The van der Waals surface area contributed by atoms with Gasteiger partial charge in [0.05, 0.1) is 11.9 Å². The molecule has 0 aromatic carbocycles. The second kappa shape index (κ2) is 5.45. The topological polar surface area (TPSA) is 34.4 Å². The summed E-state index contributed by atoms with van der Waals surface area (Å²) >= 11 is 0. The van der Waals surface area contributed by atoms with E-state index in [-0.39, 0.29) is 5.60 Å². The highest BCUT2D eigenvalue weighted by Gasteiger charge is 2.26.